The van der Waals surface area contributed by atoms with Gasteiger partial charge in [0.2, 0.25) is 0 Å². The predicted octanol–water partition coefficient (Wildman–Crippen LogP) is 4.04. The van der Waals surface area contributed by atoms with Crippen molar-refractivity contribution >= 4 is 5.91 Å². The molecule has 0 aliphatic heterocycles. The number of para-hydroxylation sites is 1. The van der Waals surface area contributed by atoms with Crippen LogP contribution >= 0.6 is 0 Å². The largest absolute Gasteiger partial charge is 0.491 e. The zero-order valence-electron chi connectivity index (χ0n) is 15.4. The molecule has 0 radical (unpaired) electrons. The lowest BCUT2D eigenvalue weighted by molar-refractivity contribution is -0.128. The number of hydrogen-bond donors (Lipinski definition) is 1. The van der Waals surface area contributed by atoms with E-state index in [4.69, 9.17) is 9.47 Å². The average molecular weight is 341 g/mol. The van der Waals surface area contributed by atoms with Crippen LogP contribution in [0.4, 0.5) is 0 Å². The van der Waals surface area contributed by atoms with Crippen molar-refractivity contribution in [2.75, 3.05) is 6.61 Å². The Morgan fingerprint density at radius 1 is 1.08 bits per heavy atom. The molecular weight excluding hydrogens is 314 g/mol. The molecule has 0 unspecified atom stereocenters. The van der Waals surface area contributed by atoms with Gasteiger partial charge < -0.3 is 14.8 Å². The van der Waals surface area contributed by atoms with Crippen molar-refractivity contribution in [3.05, 3.63) is 59.7 Å². The summed E-state index contributed by atoms with van der Waals surface area (Å²) in [6.45, 7) is 8.30. The fourth-order valence-corrected chi connectivity index (χ4v) is 2.41. The highest BCUT2D eigenvalue weighted by Gasteiger charge is 2.20. The summed E-state index contributed by atoms with van der Waals surface area (Å²) in [5.74, 6) is 1.42. The van der Waals surface area contributed by atoms with Crippen LogP contribution in [0.1, 0.15) is 31.4 Å². The van der Waals surface area contributed by atoms with Crippen molar-refractivity contribution < 1.29 is 14.3 Å². The van der Waals surface area contributed by atoms with E-state index in [1.807, 2.05) is 76.2 Å². The summed E-state index contributed by atoms with van der Waals surface area (Å²) in [6, 6.07) is 15.4. The van der Waals surface area contributed by atoms with E-state index in [-0.39, 0.29) is 11.9 Å². The first-order valence-electron chi connectivity index (χ1n) is 8.71. The van der Waals surface area contributed by atoms with Crippen LogP contribution in [0.15, 0.2) is 48.5 Å². The lowest BCUT2D eigenvalue weighted by Crippen LogP contribution is -2.44. The van der Waals surface area contributed by atoms with Crippen molar-refractivity contribution in [3.8, 4) is 11.5 Å². The Hall–Kier alpha value is -2.49. The number of hydrogen-bond acceptors (Lipinski definition) is 3. The van der Waals surface area contributed by atoms with Crippen LogP contribution in [0, 0.1) is 13.8 Å². The highest BCUT2D eigenvalue weighted by molar-refractivity contribution is 5.81. The molecule has 2 rings (SSSR count). The first kappa shape index (κ1) is 18.8. The van der Waals surface area contributed by atoms with E-state index >= 15 is 0 Å². The van der Waals surface area contributed by atoms with Crippen LogP contribution in [0.3, 0.4) is 0 Å². The molecule has 2 aromatic carbocycles. The number of carbonyl (C=O) groups is 1. The summed E-state index contributed by atoms with van der Waals surface area (Å²) in [6.07, 6.45) is 0.0917. The van der Waals surface area contributed by atoms with Gasteiger partial charge in [-0.2, -0.15) is 0 Å². The van der Waals surface area contributed by atoms with Gasteiger partial charge in [0.25, 0.3) is 5.91 Å². The van der Waals surface area contributed by atoms with E-state index in [1.165, 1.54) is 0 Å². The number of ether oxygens (including phenoxy) is 2. The predicted molar refractivity (Wildman–Crippen MR) is 100 cm³/mol. The highest BCUT2D eigenvalue weighted by atomic mass is 16.5. The fourth-order valence-electron chi connectivity index (χ4n) is 2.41. The van der Waals surface area contributed by atoms with Crippen molar-refractivity contribution in [3.63, 3.8) is 0 Å². The third kappa shape index (κ3) is 5.82. The van der Waals surface area contributed by atoms with Gasteiger partial charge >= 0.3 is 0 Å². The summed E-state index contributed by atoms with van der Waals surface area (Å²) in [7, 11) is 0. The molecule has 0 bridgehead atoms. The summed E-state index contributed by atoms with van der Waals surface area (Å²) in [5, 5.41) is 2.96. The Balaban J connectivity index is 1.85. The first-order chi connectivity index (χ1) is 12.0. The minimum atomic E-state index is -0.511. The Morgan fingerprint density at radius 2 is 1.76 bits per heavy atom. The minimum Gasteiger partial charge on any atom is -0.491 e. The van der Waals surface area contributed by atoms with Crippen molar-refractivity contribution in [2.24, 2.45) is 0 Å². The van der Waals surface area contributed by atoms with E-state index in [1.54, 1.807) is 0 Å². The minimum absolute atomic E-state index is 0.109. The molecule has 1 amide bonds. The Bertz CT molecular complexity index is 682. The maximum Gasteiger partial charge on any atom is 0.261 e. The molecule has 4 nitrogen and oxygen atoms in total. The van der Waals surface area contributed by atoms with E-state index < -0.39 is 6.10 Å². The number of aryl methyl sites for hydroxylation is 2. The molecule has 0 aliphatic rings. The lowest BCUT2D eigenvalue weighted by atomic mass is 10.2. The van der Waals surface area contributed by atoms with Crippen LogP contribution in [0.25, 0.3) is 0 Å². The fraction of sp³-hybridized carbons (Fsp3) is 0.381. The molecular formula is C21H27NO3. The molecule has 4 heteroatoms. The van der Waals surface area contributed by atoms with Crippen LogP contribution in [0.5, 0.6) is 11.5 Å². The third-order valence-corrected chi connectivity index (χ3v) is 3.93. The average Bonchev–Trinajstić information content (AvgIpc) is 2.60. The van der Waals surface area contributed by atoms with E-state index in [0.717, 1.165) is 16.9 Å². The Morgan fingerprint density at radius 3 is 2.40 bits per heavy atom. The van der Waals surface area contributed by atoms with Gasteiger partial charge in [-0.15, -0.1) is 0 Å². The quantitative estimate of drug-likeness (QED) is 0.788. The monoisotopic (exact) mass is 341 g/mol. The summed E-state index contributed by atoms with van der Waals surface area (Å²) < 4.78 is 11.6. The number of benzene rings is 2. The van der Waals surface area contributed by atoms with Crippen molar-refractivity contribution in [1.29, 1.82) is 0 Å². The van der Waals surface area contributed by atoms with Crippen molar-refractivity contribution in [2.45, 2.75) is 46.3 Å². The molecule has 2 aromatic rings. The molecule has 0 spiro atoms. The van der Waals surface area contributed by atoms with Gasteiger partial charge in [-0.25, -0.2) is 0 Å². The molecule has 25 heavy (non-hydrogen) atoms. The number of carbonyl (C=O) groups excluding carboxylic acids is 1. The second kappa shape index (κ2) is 9.11. The first-order valence-corrected chi connectivity index (χ1v) is 8.71. The molecule has 0 heterocycles. The van der Waals surface area contributed by atoms with E-state index in [2.05, 4.69) is 5.32 Å². The zero-order valence-corrected chi connectivity index (χ0v) is 15.4. The van der Waals surface area contributed by atoms with Gasteiger partial charge in [-0.05, 0) is 51.0 Å². The van der Waals surface area contributed by atoms with E-state index in [9.17, 15) is 4.79 Å². The molecule has 0 aliphatic carbocycles. The second-order valence-electron chi connectivity index (χ2n) is 6.31. The van der Waals surface area contributed by atoms with Gasteiger partial charge in [-0.1, -0.05) is 42.8 Å². The highest BCUT2D eigenvalue weighted by Crippen LogP contribution is 2.17. The summed E-state index contributed by atoms with van der Waals surface area (Å²) in [4.78, 5) is 12.4. The SMILES string of the molecule is CC[C@@H](Oc1ccc(C)cc1)C(=O)N[C@@H](C)COc1ccccc1C. The van der Waals surface area contributed by atoms with Gasteiger partial charge in [0.15, 0.2) is 6.10 Å². The van der Waals surface area contributed by atoms with Gasteiger partial charge in [0.1, 0.15) is 18.1 Å². The third-order valence-electron chi connectivity index (χ3n) is 3.93. The number of rotatable bonds is 8. The molecule has 134 valence electrons. The smallest absolute Gasteiger partial charge is 0.261 e. The van der Waals surface area contributed by atoms with Gasteiger partial charge in [0.05, 0.1) is 6.04 Å². The molecule has 0 fully saturated rings. The van der Waals surface area contributed by atoms with Crippen LogP contribution in [-0.4, -0.2) is 24.7 Å². The molecule has 0 saturated heterocycles. The standard InChI is InChI=1S/C21H27NO3/c1-5-19(25-18-12-10-15(2)11-13-18)21(23)22-17(4)14-24-20-9-7-6-8-16(20)3/h6-13,17,19H,5,14H2,1-4H3,(H,22,23)/t17-,19+/m0/s1. The number of amides is 1. The summed E-state index contributed by atoms with van der Waals surface area (Å²) >= 11 is 0. The topological polar surface area (TPSA) is 47.6 Å². The van der Waals surface area contributed by atoms with Gasteiger partial charge in [-0.3, -0.25) is 4.79 Å². The van der Waals surface area contributed by atoms with Crippen LogP contribution in [0.2, 0.25) is 0 Å². The molecule has 2 atom stereocenters. The van der Waals surface area contributed by atoms with E-state index in [0.29, 0.717) is 18.8 Å². The lowest BCUT2D eigenvalue weighted by Gasteiger charge is -2.21. The second-order valence-corrected chi connectivity index (χ2v) is 6.31. The number of nitrogens with one attached hydrogen (secondary N) is 1. The maximum absolute atomic E-state index is 12.4. The van der Waals surface area contributed by atoms with Crippen molar-refractivity contribution in [1.82, 2.24) is 5.32 Å². The maximum atomic E-state index is 12.4. The van der Waals surface area contributed by atoms with Crippen LogP contribution < -0.4 is 14.8 Å². The molecule has 0 saturated carbocycles. The summed E-state index contributed by atoms with van der Waals surface area (Å²) in [5.41, 5.74) is 2.24. The molecule has 1 N–H and O–H groups in total. The van der Waals surface area contributed by atoms with Gasteiger partial charge in [0, 0.05) is 0 Å². The Labute approximate surface area is 150 Å². The molecule has 0 aromatic heterocycles. The van der Waals surface area contributed by atoms with Crippen LogP contribution in [-0.2, 0) is 4.79 Å². The normalized spacial score (nSPS) is 13.0. The Kier molecular flexibility index (Phi) is 6.87. The zero-order chi connectivity index (χ0) is 18.2.